The van der Waals surface area contributed by atoms with Gasteiger partial charge in [-0.3, -0.25) is 9.36 Å². The molecule has 1 aliphatic heterocycles. The van der Waals surface area contributed by atoms with Gasteiger partial charge in [0.1, 0.15) is 0 Å². The summed E-state index contributed by atoms with van der Waals surface area (Å²) in [5.41, 5.74) is 2.97. The number of aromatic nitrogens is 3. The van der Waals surface area contributed by atoms with Gasteiger partial charge < -0.3 is 4.90 Å². The average molecular weight is 379 g/mol. The molecule has 0 N–H and O–H groups in total. The first-order chi connectivity index (χ1) is 13.2. The fraction of sp³-hybridized carbons (Fsp3) is 0.286. The molecule has 2 aromatic carbocycles. The average Bonchev–Trinajstić information content (AvgIpc) is 3.37. The van der Waals surface area contributed by atoms with Crippen LogP contribution in [0.5, 0.6) is 0 Å². The van der Waals surface area contributed by atoms with Gasteiger partial charge in [-0.05, 0) is 31.9 Å². The number of nitrogens with zero attached hydrogens (tertiary/aromatic N) is 4. The Morgan fingerprint density at radius 2 is 1.70 bits per heavy atom. The van der Waals surface area contributed by atoms with E-state index in [1.807, 2.05) is 30.3 Å². The Morgan fingerprint density at radius 3 is 2.41 bits per heavy atom. The molecule has 0 atom stereocenters. The summed E-state index contributed by atoms with van der Waals surface area (Å²) in [4.78, 5) is 14.8. The molecule has 1 fully saturated rings. The molecule has 138 valence electrons. The Hall–Kier alpha value is -2.60. The molecule has 1 aliphatic rings. The third-order valence-electron chi connectivity index (χ3n) is 4.73. The van der Waals surface area contributed by atoms with Gasteiger partial charge >= 0.3 is 0 Å². The second kappa shape index (κ2) is 7.96. The van der Waals surface area contributed by atoms with Crippen LogP contribution in [0, 0.1) is 6.92 Å². The molecule has 27 heavy (non-hydrogen) atoms. The largest absolute Gasteiger partial charge is 0.341 e. The SMILES string of the molecule is Cc1ccc(-n2c(SCC(=O)c3ccccc3)nnc2N2CCCC2)cc1. The number of hydrogen-bond donors (Lipinski definition) is 0. The monoisotopic (exact) mass is 378 g/mol. The van der Waals surface area contributed by atoms with E-state index in [2.05, 4.69) is 50.9 Å². The summed E-state index contributed by atoms with van der Waals surface area (Å²) in [5, 5.41) is 9.62. The Labute approximate surface area is 163 Å². The molecular formula is C21H22N4OS. The molecule has 6 heteroatoms. The smallest absolute Gasteiger partial charge is 0.232 e. The molecule has 1 saturated heterocycles. The molecular weight excluding hydrogens is 356 g/mol. The van der Waals surface area contributed by atoms with Gasteiger partial charge in [0.15, 0.2) is 10.9 Å². The van der Waals surface area contributed by atoms with E-state index in [9.17, 15) is 4.79 Å². The summed E-state index contributed by atoms with van der Waals surface area (Å²) in [7, 11) is 0. The fourth-order valence-corrected chi connectivity index (χ4v) is 4.08. The highest BCUT2D eigenvalue weighted by atomic mass is 32.2. The Bertz CT molecular complexity index is 915. The van der Waals surface area contributed by atoms with E-state index in [4.69, 9.17) is 0 Å². The maximum absolute atomic E-state index is 12.5. The van der Waals surface area contributed by atoms with Crippen LogP contribution in [0.1, 0.15) is 28.8 Å². The zero-order valence-corrected chi connectivity index (χ0v) is 16.2. The number of carbonyl (C=O) groups excluding carboxylic acids is 1. The normalized spacial score (nSPS) is 13.9. The number of aryl methyl sites for hydroxylation is 1. The summed E-state index contributed by atoms with van der Waals surface area (Å²) in [6.45, 7) is 4.07. The summed E-state index contributed by atoms with van der Waals surface area (Å²) in [6, 6.07) is 17.7. The van der Waals surface area contributed by atoms with Crippen LogP contribution in [0.15, 0.2) is 59.8 Å². The van der Waals surface area contributed by atoms with Gasteiger partial charge in [-0.15, -0.1) is 10.2 Å². The molecule has 0 saturated carbocycles. The molecule has 0 aliphatic carbocycles. The second-order valence-electron chi connectivity index (χ2n) is 6.73. The van der Waals surface area contributed by atoms with E-state index in [0.29, 0.717) is 5.75 Å². The van der Waals surface area contributed by atoms with Gasteiger partial charge in [0.25, 0.3) is 0 Å². The number of anilines is 1. The minimum absolute atomic E-state index is 0.0989. The lowest BCUT2D eigenvalue weighted by atomic mass is 10.2. The minimum Gasteiger partial charge on any atom is -0.341 e. The molecule has 3 aromatic rings. The van der Waals surface area contributed by atoms with Crippen molar-refractivity contribution in [1.29, 1.82) is 0 Å². The van der Waals surface area contributed by atoms with Crippen LogP contribution < -0.4 is 4.90 Å². The number of benzene rings is 2. The lowest BCUT2D eigenvalue weighted by Crippen LogP contribution is -2.22. The first-order valence-corrected chi connectivity index (χ1v) is 10.2. The molecule has 0 bridgehead atoms. The van der Waals surface area contributed by atoms with Crippen molar-refractivity contribution in [2.24, 2.45) is 0 Å². The van der Waals surface area contributed by atoms with Crippen molar-refractivity contribution >= 4 is 23.5 Å². The third kappa shape index (κ3) is 3.90. The van der Waals surface area contributed by atoms with Crippen molar-refractivity contribution in [3.63, 3.8) is 0 Å². The number of rotatable bonds is 6. The lowest BCUT2D eigenvalue weighted by molar-refractivity contribution is 0.102. The van der Waals surface area contributed by atoms with Gasteiger partial charge in [0, 0.05) is 18.7 Å². The highest BCUT2D eigenvalue weighted by molar-refractivity contribution is 7.99. The molecule has 0 amide bonds. The molecule has 4 rings (SSSR count). The molecule has 0 unspecified atom stereocenters. The van der Waals surface area contributed by atoms with Crippen LogP contribution in [0.2, 0.25) is 0 Å². The van der Waals surface area contributed by atoms with Gasteiger partial charge in [0.2, 0.25) is 5.95 Å². The topological polar surface area (TPSA) is 51.0 Å². The standard InChI is InChI=1S/C21H22N4OS/c1-16-9-11-18(12-10-16)25-20(24-13-5-6-14-24)22-23-21(25)27-15-19(26)17-7-3-2-4-8-17/h2-4,7-12H,5-6,13-15H2,1H3. The van der Waals surface area contributed by atoms with Crippen molar-refractivity contribution in [2.75, 3.05) is 23.7 Å². The third-order valence-corrected chi connectivity index (χ3v) is 5.65. The minimum atomic E-state index is 0.0989. The maximum atomic E-state index is 12.5. The van der Waals surface area contributed by atoms with Crippen LogP contribution in [-0.2, 0) is 0 Å². The maximum Gasteiger partial charge on any atom is 0.232 e. The highest BCUT2D eigenvalue weighted by Gasteiger charge is 2.23. The number of hydrogen-bond acceptors (Lipinski definition) is 5. The van der Waals surface area contributed by atoms with E-state index < -0.39 is 0 Å². The van der Waals surface area contributed by atoms with Crippen LogP contribution in [0.25, 0.3) is 5.69 Å². The Balaban J connectivity index is 1.62. The highest BCUT2D eigenvalue weighted by Crippen LogP contribution is 2.29. The van der Waals surface area contributed by atoms with Gasteiger partial charge in [-0.25, -0.2) is 0 Å². The molecule has 0 spiro atoms. The summed E-state index contributed by atoms with van der Waals surface area (Å²) in [5.74, 6) is 1.31. The van der Waals surface area contributed by atoms with E-state index in [1.54, 1.807) is 0 Å². The van der Waals surface area contributed by atoms with Crippen molar-refractivity contribution in [3.05, 3.63) is 65.7 Å². The zero-order valence-electron chi connectivity index (χ0n) is 15.3. The van der Waals surface area contributed by atoms with Gasteiger partial charge in [-0.2, -0.15) is 0 Å². The molecule has 0 radical (unpaired) electrons. The second-order valence-corrected chi connectivity index (χ2v) is 7.67. The van der Waals surface area contributed by atoms with Crippen LogP contribution in [0.3, 0.4) is 0 Å². The van der Waals surface area contributed by atoms with Crippen molar-refractivity contribution in [1.82, 2.24) is 14.8 Å². The van der Waals surface area contributed by atoms with E-state index >= 15 is 0 Å². The molecule has 1 aromatic heterocycles. The van der Waals surface area contributed by atoms with Crippen molar-refractivity contribution < 1.29 is 4.79 Å². The quantitative estimate of drug-likeness (QED) is 0.476. The first-order valence-electron chi connectivity index (χ1n) is 9.21. The Morgan fingerprint density at radius 1 is 1.00 bits per heavy atom. The van der Waals surface area contributed by atoms with Crippen LogP contribution >= 0.6 is 11.8 Å². The molecule has 5 nitrogen and oxygen atoms in total. The predicted molar refractivity (Wildman–Crippen MR) is 109 cm³/mol. The predicted octanol–water partition coefficient (Wildman–Crippen LogP) is 4.15. The van der Waals surface area contributed by atoms with Crippen LogP contribution in [-0.4, -0.2) is 39.4 Å². The van der Waals surface area contributed by atoms with E-state index in [0.717, 1.165) is 35.4 Å². The zero-order chi connectivity index (χ0) is 18.6. The number of carbonyl (C=O) groups is 1. The van der Waals surface area contributed by atoms with E-state index in [-0.39, 0.29) is 5.78 Å². The summed E-state index contributed by atoms with van der Waals surface area (Å²) < 4.78 is 2.08. The summed E-state index contributed by atoms with van der Waals surface area (Å²) in [6.07, 6.45) is 2.35. The van der Waals surface area contributed by atoms with Crippen molar-refractivity contribution in [3.8, 4) is 5.69 Å². The number of Topliss-reactive ketones (excluding diaryl/α,β-unsaturated/α-hetero) is 1. The van der Waals surface area contributed by atoms with Gasteiger partial charge in [-0.1, -0.05) is 59.8 Å². The van der Waals surface area contributed by atoms with E-state index in [1.165, 1.54) is 30.2 Å². The van der Waals surface area contributed by atoms with Crippen LogP contribution in [0.4, 0.5) is 5.95 Å². The molecule has 2 heterocycles. The number of thioether (sulfide) groups is 1. The summed E-state index contributed by atoms with van der Waals surface area (Å²) >= 11 is 1.44. The first kappa shape index (κ1) is 17.8. The Kier molecular flexibility index (Phi) is 5.25. The number of ketones is 1. The van der Waals surface area contributed by atoms with Gasteiger partial charge in [0.05, 0.1) is 11.4 Å². The van der Waals surface area contributed by atoms with Crippen molar-refractivity contribution in [2.45, 2.75) is 24.9 Å². The fourth-order valence-electron chi connectivity index (χ4n) is 3.23. The lowest BCUT2D eigenvalue weighted by Gasteiger charge is -2.18.